The molecule has 8 heteroatoms. The van der Waals surface area contributed by atoms with Crippen molar-refractivity contribution in [2.24, 2.45) is 4.99 Å². The first-order valence-electron chi connectivity index (χ1n) is 11.5. The number of hydrogen-bond donors (Lipinski definition) is 0. The molecule has 3 heterocycles. The van der Waals surface area contributed by atoms with Crippen molar-refractivity contribution in [1.29, 1.82) is 0 Å². The van der Waals surface area contributed by atoms with Gasteiger partial charge >= 0.3 is 0 Å². The van der Waals surface area contributed by atoms with Crippen LogP contribution in [0.1, 0.15) is 37.1 Å². The fourth-order valence-electron chi connectivity index (χ4n) is 4.69. The van der Waals surface area contributed by atoms with E-state index in [2.05, 4.69) is 9.98 Å². The molecule has 0 aliphatic carbocycles. The number of amides is 1. The molecule has 0 N–H and O–H groups in total. The fraction of sp³-hybridized carbons (Fsp3) is 0.296. The third-order valence-electron chi connectivity index (χ3n) is 6.62. The van der Waals surface area contributed by atoms with E-state index in [9.17, 15) is 9.18 Å². The molecule has 2 aliphatic heterocycles. The van der Waals surface area contributed by atoms with Crippen LogP contribution in [0, 0.1) is 12.7 Å². The summed E-state index contributed by atoms with van der Waals surface area (Å²) in [5.41, 5.74) is 2.81. The molecule has 180 valence electrons. The molecule has 0 saturated carbocycles. The molecule has 35 heavy (non-hydrogen) atoms. The lowest BCUT2D eigenvalue weighted by molar-refractivity contribution is -0.144. The van der Waals surface area contributed by atoms with Crippen LogP contribution >= 0.6 is 0 Å². The summed E-state index contributed by atoms with van der Waals surface area (Å²) in [5, 5.41) is 0. The van der Waals surface area contributed by atoms with E-state index in [1.54, 1.807) is 37.4 Å². The van der Waals surface area contributed by atoms with Crippen molar-refractivity contribution in [3.05, 3.63) is 83.4 Å². The van der Waals surface area contributed by atoms with Gasteiger partial charge in [0.05, 0.1) is 30.4 Å². The third kappa shape index (κ3) is 3.99. The Labute approximate surface area is 203 Å². The molecule has 1 saturated heterocycles. The average Bonchev–Trinajstić information content (AvgIpc) is 3.28. The molecule has 0 radical (unpaired) electrons. The number of carbonyl (C=O) groups is 1. The number of aliphatic imine (C=N–C) groups is 1. The number of aryl methyl sites for hydroxylation is 1. The van der Waals surface area contributed by atoms with Gasteiger partial charge < -0.3 is 14.0 Å². The Morgan fingerprint density at radius 3 is 2.69 bits per heavy atom. The van der Waals surface area contributed by atoms with E-state index >= 15 is 0 Å². The average molecular weight is 475 g/mol. The van der Waals surface area contributed by atoms with Crippen LogP contribution in [0.3, 0.4) is 0 Å². The Bertz CT molecular complexity index is 1340. The van der Waals surface area contributed by atoms with Crippen LogP contribution in [0.25, 0.3) is 11.8 Å². The van der Waals surface area contributed by atoms with E-state index in [-0.39, 0.29) is 11.7 Å². The second-order valence-corrected chi connectivity index (χ2v) is 9.03. The van der Waals surface area contributed by atoms with E-state index < -0.39 is 11.6 Å². The van der Waals surface area contributed by atoms with E-state index in [1.165, 1.54) is 12.1 Å². The summed E-state index contributed by atoms with van der Waals surface area (Å²) in [6, 6.07) is 12.1. The minimum absolute atomic E-state index is 0.171. The van der Waals surface area contributed by atoms with Gasteiger partial charge in [0, 0.05) is 12.7 Å². The Balaban J connectivity index is 1.54. The predicted octanol–water partition coefficient (Wildman–Crippen LogP) is 4.63. The highest BCUT2D eigenvalue weighted by atomic mass is 19.1. The van der Waals surface area contributed by atoms with Gasteiger partial charge in [0.15, 0.2) is 17.7 Å². The maximum absolute atomic E-state index is 13.6. The monoisotopic (exact) mass is 474 g/mol. The van der Waals surface area contributed by atoms with Gasteiger partial charge in [-0.05, 0) is 68.7 Å². The van der Waals surface area contributed by atoms with E-state index in [0.29, 0.717) is 30.3 Å². The zero-order chi connectivity index (χ0) is 24.7. The molecule has 1 aromatic heterocycles. The Kier molecular flexibility index (Phi) is 5.67. The van der Waals surface area contributed by atoms with Gasteiger partial charge in [0.25, 0.3) is 5.91 Å². The lowest BCUT2D eigenvalue weighted by atomic mass is 9.84. The number of fused-ring (bicyclic) bond motifs is 1. The fourth-order valence-corrected chi connectivity index (χ4v) is 4.69. The number of methoxy groups -OCH3 is 1. The second-order valence-electron chi connectivity index (χ2n) is 9.03. The number of hydrogen-bond acceptors (Lipinski definition) is 5. The van der Waals surface area contributed by atoms with E-state index in [0.717, 1.165) is 22.5 Å². The summed E-state index contributed by atoms with van der Waals surface area (Å²) < 4.78 is 27.2. The topological polar surface area (TPSA) is 69.0 Å². The van der Waals surface area contributed by atoms with Gasteiger partial charge in [-0.1, -0.05) is 18.2 Å². The summed E-state index contributed by atoms with van der Waals surface area (Å²) in [6.45, 7) is 6.18. The normalized spacial score (nSPS) is 23.1. The molecule has 5 rings (SSSR count). The molecule has 7 nitrogen and oxygen atoms in total. The van der Waals surface area contributed by atoms with Gasteiger partial charge in [-0.15, -0.1) is 0 Å². The minimum Gasteiger partial charge on any atom is -0.495 e. The third-order valence-corrected chi connectivity index (χ3v) is 6.62. The van der Waals surface area contributed by atoms with E-state index in [4.69, 9.17) is 9.47 Å². The van der Waals surface area contributed by atoms with Crippen LogP contribution < -0.4 is 4.74 Å². The molecule has 2 aromatic carbocycles. The standard InChI is InChI=1S/C27H27FN4O3/c1-17-15-31(16-30-17)22-10-5-19(13-23(22)34-4)14-24-25-29-12-11-27(3,20-6-8-21(28)9-7-20)32(25)26(33)18(2)35-24/h5-10,13-16,18H,11-12H2,1-4H3. The number of halogens is 1. The number of imidazole rings is 1. The van der Waals surface area contributed by atoms with Gasteiger partial charge in [-0.2, -0.15) is 0 Å². The number of amidine groups is 1. The smallest absolute Gasteiger partial charge is 0.269 e. The van der Waals surface area contributed by atoms with E-state index in [1.807, 2.05) is 48.9 Å². The van der Waals surface area contributed by atoms with Crippen LogP contribution in [0.5, 0.6) is 5.75 Å². The highest BCUT2D eigenvalue weighted by molar-refractivity contribution is 6.12. The molecule has 1 fully saturated rings. The first kappa shape index (κ1) is 22.8. The summed E-state index contributed by atoms with van der Waals surface area (Å²) in [6.07, 6.45) is 5.48. The second kappa shape index (κ2) is 8.69. The SMILES string of the molecule is COc1cc(C=C2OC(C)C(=O)N3C2=NCCC3(C)c2ccc(F)cc2)ccc1-n1cnc(C)c1. The molecular formula is C27H27FN4O3. The number of morpholine rings is 1. The predicted molar refractivity (Wildman–Crippen MR) is 131 cm³/mol. The van der Waals surface area contributed by atoms with Crippen molar-refractivity contribution in [3.8, 4) is 11.4 Å². The van der Waals surface area contributed by atoms with Crippen molar-refractivity contribution < 1.29 is 18.7 Å². The van der Waals surface area contributed by atoms with Gasteiger partial charge in [-0.25, -0.2) is 9.37 Å². The first-order chi connectivity index (χ1) is 16.8. The molecule has 1 amide bonds. The Morgan fingerprint density at radius 2 is 2.00 bits per heavy atom. The van der Waals surface area contributed by atoms with Crippen molar-refractivity contribution in [2.75, 3.05) is 13.7 Å². The zero-order valence-corrected chi connectivity index (χ0v) is 20.2. The molecule has 2 unspecified atom stereocenters. The van der Waals surface area contributed by atoms with Crippen LogP contribution in [-0.4, -0.2) is 46.0 Å². The van der Waals surface area contributed by atoms with Crippen LogP contribution in [-0.2, 0) is 15.1 Å². The number of benzene rings is 2. The van der Waals surface area contributed by atoms with Gasteiger partial charge in [0.2, 0.25) is 0 Å². The van der Waals surface area contributed by atoms with Crippen LogP contribution in [0.2, 0.25) is 0 Å². The molecule has 0 bridgehead atoms. The highest BCUT2D eigenvalue weighted by Gasteiger charge is 2.48. The van der Waals surface area contributed by atoms with Gasteiger partial charge in [-0.3, -0.25) is 14.7 Å². The summed E-state index contributed by atoms with van der Waals surface area (Å²) >= 11 is 0. The summed E-state index contributed by atoms with van der Waals surface area (Å²) in [5.74, 6) is 1.19. The molecule has 0 spiro atoms. The first-order valence-corrected chi connectivity index (χ1v) is 11.5. The lowest BCUT2D eigenvalue weighted by Crippen LogP contribution is -2.60. The number of nitrogens with zero attached hydrogens (tertiary/aromatic N) is 4. The minimum atomic E-state index is -0.687. The number of ether oxygens (including phenoxy) is 2. The van der Waals surface area contributed by atoms with Crippen molar-refractivity contribution in [1.82, 2.24) is 14.5 Å². The highest BCUT2D eigenvalue weighted by Crippen LogP contribution is 2.40. The number of carbonyl (C=O) groups excluding carboxylic acids is 1. The van der Waals surface area contributed by atoms with Crippen molar-refractivity contribution in [3.63, 3.8) is 0 Å². The van der Waals surface area contributed by atoms with Gasteiger partial charge in [0.1, 0.15) is 11.6 Å². The summed E-state index contributed by atoms with van der Waals surface area (Å²) in [4.78, 5) is 24.0. The quantitative estimate of drug-likeness (QED) is 0.553. The molecule has 3 aromatic rings. The largest absolute Gasteiger partial charge is 0.495 e. The van der Waals surface area contributed by atoms with Crippen LogP contribution in [0.15, 0.2) is 65.7 Å². The van der Waals surface area contributed by atoms with Crippen molar-refractivity contribution in [2.45, 2.75) is 38.8 Å². The number of rotatable bonds is 4. The maximum Gasteiger partial charge on any atom is 0.269 e. The van der Waals surface area contributed by atoms with Crippen LogP contribution in [0.4, 0.5) is 4.39 Å². The molecule has 2 atom stereocenters. The van der Waals surface area contributed by atoms with Crippen molar-refractivity contribution >= 4 is 17.8 Å². The molecule has 2 aliphatic rings. The lowest BCUT2D eigenvalue weighted by Gasteiger charge is -2.48. The Morgan fingerprint density at radius 1 is 1.23 bits per heavy atom. The zero-order valence-electron chi connectivity index (χ0n) is 20.2. The maximum atomic E-state index is 13.6. The Hall–Kier alpha value is -3.94. The number of aromatic nitrogens is 2. The summed E-state index contributed by atoms with van der Waals surface area (Å²) in [7, 11) is 1.62. The molecular weight excluding hydrogens is 447 g/mol.